The van der Waals surface area contributed by atoms with Crippen molar-refractivity contribution in [2.75, 3.05) is 27.9 Å². The van der Waals surface area contributed by atoms with Crippen molar-refractivity contribution in [2.45, 2.75) is 6.54 Å². The fraction of sp³-hybridized carbons (Fsp3) is 0.227. The summed E-state index contributed by atoms with van der Waals surface area (Å²) in [6.07, 6.45) is 0. The zero-order valence-electron chi connectivity index (χ0n) is 18.0. The summed E-state index contributed by atoms with van der Waals surface area (Å²) in [5.41, 5.74) is 1.07. The van der Waals surface area contributed by atoms with Gasteiger partial charge in [0.25, 0.3) is 17.7 Å². The number of hydrogen-bond donors (Lipinski definition) is 0. The van der Waals surface area contributed by atoms with E-state index in [4.69, 9.17) is 14.2 Å². The number of aromatic nitrogens is 1. The molecular formula is C22H19N3O7S. The van der Waals surface area contributed by atoms with Crippen molar-refractivity contribution in [2.24, 2.45) is 4.99 Å². The fourth-order valence-corrected chi connectivity index (χ4v) is 4.55. The first-order valence-electron chi connectivity index (χ1n) is 9.73. The Bertz CT molecular complexity index is 1340. The summed E-state index contributed by atoms with van der Waals surface area (Å²) in [6.45, 7) is -0.726. The van der Waals surface area contributed by atoms with Crippen molar-refractivity contribution in [3.05, 3.63) is 52.3 Å². The summed E-state index contributed by atoms with van der Waals surface area (Å²) in [5.74, 6) is -1.45. The van der Waals surface area contributed by atoms with Gasteiger partial charge >= 0.3 is 5.97 Å². The third kappa shape index (κ3) is 3.98. The summed E-state index contributed by atoms with van der Waals surface area (Å²) in [6, 6.07) is 9.74. The molecule has 33 heavy (non-hydrogen) atoms. The molecule has 0 bridgehead atoms. The van der Waals surface area contributed by atoms with E-state index in [1.807, 2.05) is 0 Å². The SMILES string of the molecule is COC(=O)Cn1c(=NC(=O)CN2C(=O)c3ccccc3C2=O)sc2cc(OC)c(OC)cc21. The van der Waals surface area contributed by atoms with Gasteiger partial charge in [0, 0.05) is 12.1 Å². The van der Waals surface area contributed by atoms with E-state index in [2.05, 4.69) is 4.99 Å². The number of fused-ring (bicyclic) bond motifs is 2. The molecule has 4 rings (SSSR count). The number of rotatable bonds is 6. The van der Waals surface area contributed by atoms with Crippen LogP contribution in [-0.2, 0) is 20.9 Å². The minimum absolute atomic E-state index is 0.201. The lowest BCUT2D eigenvalue weighted by molar-refractivity contribution is -0.141. The second-order valence-corrected chi connectivity index (χ2v) is 7.98. The van der Waals surface area contributed by atoms with E-state index in [0.29, 0.717) is 21.7 Å². The van der Waals surface area contributed by atoms with Crippen LogP contribution in [0.4, 0.5) is 0 Å². The molecule has 0 saturated carbocycles. The highest BCUT2D eigenvalue weighted by Crippen LogP contribution is 2.33. The van der Waals surface area contributed by atoms with Crippen LogP contribution in [0.15, 0.2) is 41.4 Å². The van der Waals surface area contributed by atoms with E-state index in [1.165, 1.54) is 38.0 Å². The smallest absolute Gasteiger partial charge is 0.325 e. The minimum Gasteiger partial charge on any atom is -0.493 e. The maximum atomic E-state index is 12.8. The summed E-state index contributed by atoms with van der Waals surface area (Å²) in [4.78, 5) is 55.0. The topological polar surface area (TPSA) is 116 Å². The number of ether oxygens (including phenoxy) is 3. The maximum absolute atomic E-state index is 12.8. The van der Waals surface area contributed by atoms with Crippen molar-refractivity contribution >= 4 is 45.2 Å². The average Bonchev–Trinajstić information content (AvgIpc) is 3.27. The molecule has 10 nitrogen and oxygen atoms in total. The first kappa shape index (κ1) is 22.2. The number of hydrogen-bond acceptors (Lipinski definition) is 8. The quantitative estimate of drug-likeness (QED) is 0.398. The first-order valence-corrected chi connectivity index (χ1v) is 10.5. The van der Waals surface area contributed by atoms with Crippen LogP contribution in [-0.4, -0.2) is 61.0 Å². The van der Waals surface area contributed by atoms with Gasteiger partial charge in [0.1, 0.15) is 13.1 Å². The van der Waals surface area contributed by atoms with Crippen LogP contribution in [0.25, 0.3) is 10.2 Å². The van der Waals surface area contributed by atoms with Gasteiger partial charge < -0.3 is 18.8 Å². The Morgan fingerprint density at radius 2 is 1.55 bits per heavy atom. The van der Waals surface area contributed by atoms with Gasteiger partial charge in [0.05, 0.1) is 42.7 Å². The fourth-order valence-electron chi connectivity index (χ4n) is 3.49. The Morgan fingerprint density at radius 3 is 2.12 bits per heavy atom. The number of nitrogens with zero attached hydrogens (tertiary/aromatic N) is 3. The van der Waals surface area contributed by atoms with Crippen LogP contribution in [0.2, 0.25) is 0 Å². The lowest BCUT2D eigenvalue weighted by Crippen LogP contribution is -2.35. The normalized spacial score (nSPS) is 13.4. The highest BCUT2D eigenvalue weighted by molar-refractivity contribution is 7.16. The van der Waals surface area contributed by atoms with Gasteiger partial charge in [-0.3, -0.25) is 24.1 Å². The third-order valence-corrected chi connectivity index (χ3v) is 6.14. The van der Waals surface area contributed by atoms with Crippen LogP contribution in [0, 0.1) is 0 Å². The minimum atomic E-state index is -0.714. The van der Waals surface area contributed by atoms with Crippen molar-refractivity contribution in [3.63, 3.8) is 0 Å². The second-order valence-electron chi connectivity index (χ2n) is 6.97. The standard InChI is InChI=1S/C22H19N3O7S/c1-30-15-8-14-17(9-16(15)31-2)33-22(24(14)11-19(27)32-3)23-18(26)10-25-20(28)12-6-4-5-7-13(12)21(25)29/h4-9H,10-11H2,1-3H3. The van der Waals surface area contributed by atoms with E-state index in [0.717, 1.165) is 16.2 Å². The monoisotopic (exact) mass is 469 g/mol. The van der Waals surface area contributed by atoms with Crippen LogP contribution >= 0.6 is 11.3 Å². The largest absolute Gasteiger partial charge is 0.493 e. The molecule has 1 aliphatic rings. The maximum Gasteiger partial charge on any atom is 0.325 e. The van der Waals surface area contributed by atoms with E-state index in [9.17, 15) is 19.2 Å². The van der Waals surface area contributed by atoms with Crippen LogP contribution in [0.3, 0.4) is 0 Å². The summed E-state index contributed by atoms with van der Waals surface area (Å²) >= 11 is 1.14. The molecule has 0 atom stereocenters. The van der Waals surface area contributed by atoms with Crippen LogP contribution in [0.5, 0.6) is 11.5 Å². The Labute approximate surface area is 191 Å². The zero-order valence-corrected chi connectivity index (χ0v) is 18.8. The molecule has 0 fully saturated rings. The van der Waals surface area contributed by atoms with E-state index in [-0.39, 0.29) is 22.5 Å². The van der Waals surface area contributed by atoms with Gasteiger partial charge in [-0.1, -0.05) is 23.5 Å². The molecule has 0 radical (unpaired) electrons. The molecule has 11 heteroatoms. The number of carbonyl (C=O) groups excluding carboxylic acids is 4. The Morgan fingerprint density at radius 1 is 0.939 bits per heavy atom. The number of thiazole rings is 1. The van der Waals surface area contributed by atoms with Crippen molar-refractivity contribution < 1.29 is 33.4 Å². The molecule has 2 heterocycles. The van der Waals surface area contributed by atoms with Crippen LogP contribution < -0.4 is 14.3 Å². The van der Waals surface area contributed by atoms with Gasteiger partial charge in [-0.15, -0.1) is 0 Å². The van der Waals surface area contributed by atoms with Gasteiger partial charge in [0.2, 0.25) is 0 Å². The number of methoxy groups -OCH3 is 3. The predicted octanol–water partition coefficient (Wildman–Crippen LogP) is 1.62. The number of carbonyl (C=O) groups is 4. The lowest BCUT2D eigenvalue weighted by atomic mass is 10.1. The van der Waals surface area contributed by atoms with Gasteiger partial charge in [0.15, 0.2) is 16.3 Å². The lowest BCUT2D eigenvalue weighted by Gasteiger charge is -2.10. The van der Waals surface area contributed by atoms with E-state index >= 15 is 0 Å². The molecular weight excluding hydrogens is 450 g/mol. The predicted molar refractivity (Wildman–Crippen MR) is 117 cm³/mol. The molecule has 0 N–H and O–H groups in total. The number of imide groups is 1. The zero-order chi connectivity index (χ0) is 23.7. The summed E-state index contributed by atoms with van der Waals surface area (Å²) in [5, 5.41) is 0. The van der Waals surface area contributed by atoms with Gasteiger partial charge in [-0.05, 0) is 12.1 Å². The number of esters is 1. The van der Waals surface area contributed by atoms with Crippen molar-refractivity contribution in [3.8, 4) is 11.5 Å². The number of amides is 3. The van der Waals surface area contributed by atoms with Gasteiger partial charge in [-0.25, -0.2) is 0 Å². The molecule has 1 aromatic heterocycles. The molecule has 3 aromatic rings. The Balaban J connectivity index is 1.73. The molecule has 170 valence electrons. The van der Waals surface area contributed by atoms with E-state index < -0.39 is 30.2 Å². The number of benzene rings is 2. The summed E-state index contributed by atoms with van der Waals surface area (Å²) < 4.78 is 17.6. The third-order valence-electron chi connectivity index (χ3n) is 5.09. The molecule has 0 unspecified atom stereocenters. The summed E-state index contributed by atoms with van der Waals surface area (Å²) in [7, 11) is 4.24. The highest BCUT2D eigenvalue weighted by Gasteiger charge is 2.36. The average molecular weight is 469 g/mol. The molecule has 2 aromatic carbocycles. The Hall–Kier alpha value is -3.99. The van der Waals surface area contributed by atoms with Crippen LogP contribution in [0.1, 0.15) is 20.7 Å². The van der Waals surface area contributed by atoms with Crippen molar-refractivity contribution in [1.82, 2.24) is 9.47 Å². The molecule has 0 aliphatic carbocycles. The molecule has 0 saturated heterocycles. The van der Waals surface area contributed by atoms with Gasteiger partial charge in [-0.2, -0.15) is 4.99 Å². The van der Waals surface area contributed by atoms with E-state index in [1.54, 1.807) is 24.3 Å². The van der Waals surface area contributed by atoms with Crippen molar-refractivity contribution in [1.29, 1.82) is 0 Å². The molecule has 1 aliphatic heterocycles. The molecule has 0 spiro atoms. The second kappa shape index (κ2) is 8.87. The first-order chi connectivity index (χ1) is 15.9. The molecule has 3 amide bonds. The highest BCUT2D eigenvalue weighted by atomic mass is 32.1. The Kier molecular flexibility index (Phi) is 5.97.